The van der Waals surface area contributed by atoms with E-state index in [1.807, 2.05) is 53.8 Å². The van der Waals surface area contributed by atoms with Crippen LogP contribution in [0.2, 0.25) is 0 Å². The predicted molar refractivity (Wildman–Crippen MR) is 106 cm³/mol. The summed E-state index contributed by atoms with van der Waals surface area (Å²) in [5, 5.41) is 0.486. The Hall–Kier alpha value is -1.96. The molecular weight excluding hydrogens is 345 g/mol. The van der Waals surface area contributed by atoms with Crippen LogP contribution in [0.15, 0.2) is 29.2 Å². The number of aromatic nitrogens is 1. The maximum Gasteiger partial charge on any atom is 0.494 e. The molecule has 2 heterocycles. The van der Waals surface area contributed by atoms with Gasteiger partial charge >= 0.3 is 7.12 Å². The van der Waals surface area contributed by atoms with Crippen LogP contribution in [0.5, 0.6) is 0 Å². The summed E-state index contributed by atoms with van der Waals surface area (Å²) in [6.45, 7) is 10.1. The van der Waals surface area contributed by atoms with Crippen molar-refractivity contribution in [1.82, 2.24) is 4.57 Å². The average Bonchev–Trinajstić information content (AvgIpc) is 2.83. The molecule has 6 nitrogen and oxygen atoms in total. The van der Waals surface area contributed by atoms with Crippen molar-refractivity contribution < 1.29 is 18.8 Å². The van der Waals surface area contributed by atoms with Crippen LogP contribution in [-0.4, -0.2) is 41.9 Å². The number of ether oxygens (including phenoxy) is 1. The summed E-state index contributed by atoms with van der Waals surface area (Å²) >= 11 is 0. The molecule has 1 saturated heterocycles. The Labute approximate surface area is 159 Å². The molecule has 0 aliphatic carbocycles. The van der Waals surface area contributed by atoms with Gasteiger partial charge in [0.05, 0.1) is 22.3 Å². The fraction of sp³-hybridized carbons (Fsp3) is 0.500. The first-order valence-electron chi connectivity index (χ1n) is 9.17. The van der Waals surface area contributed by atoms with Crippen LogP contribution in [-0.2, 0) is 21.1 Å². The van der Waals surface area contributed by atoms with E-state index in [1.54, 1.807) is 16.8 Å². The number of aryl methyl sites for hydroxylation is 1. The second kappa shape index (κ2) is 6.89. The Morgan fingerprint density at radius 3 is 2.41 bits per heavy atom. The molecule has 0 N–H and O–H groups in total. The molecule has 27 heavy (non-hydrogen) atoms. The third-order valence-corrected chi connectivity index (χ3v) is 5.48. The SMILES string of the molecule is CCOCC(=O)c1cn(C)c2cc(B3OC(C)(C)C(C)(C)O3)ccc2c1=O. The zero-order valence-electron chi connectivity index (χ0n) is 16.8. The molecule has 1 aliphatic rings. The van der Waals surface area contributed by atoms with Crippen LogP contribution in [0.25, 0.3) is 10.9 Å². The molecule has 0 spiro atoms. The second-order valence-corrected chi connectivity index (χ2v) is 7.91. The van der Waals surface area contributed by atoms with Gasteiger partial charge in [-0.05, 0) is 52.2 Å². The van der Waals surface area contributed by atoms with Gasteiger partial charge in [-0.3, -0.25) is 9.59 Å². The number of nitrogens with zero attached hydrogens (tertiary/aromatic N) is 1. The molecule has 2 aromatic rings. The molecule has 0 bridgehead atoms. The molecule has 1 fully saturated rings. The van der Waals surface area contributed by atoms with Gasteiger partial charge in [0.1, 0.15) is 6.61 Å². The fourth-order valence-corrected chi connectivity index (χ4v) is 3.10. The first kappa shape index (κ1) is 19.8. The van der Waals surface area contributed by atoms with E-state index in [1.165, 1.54) is 0 Å². The minimum atomic E-state index is -0.506. The van der Waals surface area contributed by atoms with Crippen molar-refractivity contribution in [2.75, 3.05) is 13.2 Å². The third kappa shape index (κ3) is 3.47. The number of carbonyl (C=O) groups is 1. The highest BCUT2D eigenvalue weighted by molar-refractivity contribution is 6.62. The molecule has 1 aliphatic heterocycles. The zero-order chi connectivity index (χ0) is 20.0. The van der Waals surface area contributed by atoms with Gasteiger partial charge in [-0.1, -0.05) is 6.07 Å². The topological polar surface area (TPSA) is 66.8 Å². The van der Waals surface area contributed by atoms with Crippen molar-refractivity contribution in [3.05, 3.63) is 40.2 Å². The summed E-state index contributed by atoms with van der Waals surface area (Å²) in [4.78, 5) is 25.0. The Kier molecular flexibility index (Phi) is 5.05. The van der Waals surface area contributed by atoms with E-state index < -0.39 is 18.3 Å². The number of Topliss-reactive ketones (excluding diaryl/α,β-unsaturated/α-hetero) is 1. The van der Waals surface area contributed by atoms with Crippen LogP contribution in [0.3, 0.4) is 0 Å². The lowest BCUT2D eigenvalue weighted by atomic mass is 9.78. The number of rotatable bonds is 5. The molecular formula is C20H26BNO5. The number of hydrogen-bond acceptors (Lipinski definition) is 5. The Bertz CT molecular complexity index is 931. The molecule has 0 radical (unpaired) electrons. The van der Waals surface area contributed by atoms with Crippen molar-refractivity contribution in [2.45, 2.75) is 45.8 Å². The van der Waals surface area contributed by atoms with Crippen LogP contribution in [0.4, 0.5) is 0 Å². The molecule has 0 saturated carbocycles. The van der Waals surface area contributed by atoms with Crippen molar-refractivity contribution in [2.24, 2.45) is 7.05 Å². The van der Waals surface area contributed by atoms with Crippen molar-refractivity contribution in [3.8, 4) is 0 Å². The lowest BCUT2D eigenvalue weighted by molar-refractivity contribution is 0.00578. The maximum absolute atomic E-state index is 12.8. The van der Waals surface area contributed by atoms with Crippen molar-refractivity contribution >= 4 is 29.3 Å². The van der Waals surface area contributed by atoms with Crippen LogP contribution >= 0.6 is 0 Å². The number of carbonyl (C=O) groups excluding carboxylic acids is 1. The number of benzene rings is 1. The average molecular weight is 371 g/mol. The minimum absolute atomic E-state index is 0.0940. The van der Waals surface area contributed by atoms with Crippen molar-refractivity contribution in [3.63, 3.8) is 0 Å². The minimum Gasteiger partial charge on any atom is -0.399 e. The van der Waals surface area contributed by atoms with E-state index >= 15 is 0 Å². The van der Waals surface area contributed by atoms with Gasteiger partial charge in [-0.25, -0.2) is 0 Å². The quantitative estimate of drug-likeness (QED) is 0.595. The summed E-state index contributed by atoms with van der Waals surface area (Å²) in [7, 11) is 1.31. The van der Waals surface area contributed by atoms with E-state index in [0.29, 0.717) is 12.0 Å². The fourth-order valence-electron chi connectivity index (χ4n) is 3.10. The molecule has 3 rings (SSSR count). The number of pyridine rings is 1. The molecule has 0 atom stereocenters. The van der Waals surface area contributed by atoms with Gasteiger partial charge in [0.25, 0.3) is 0 Å². The molecule has 7 heteroatoms. The Morgan fingerprint density at radius 1 is 1.19 bits per heavy atom. The van der Waals surface area contributed by atoms with Gasteiger partial charge in [0.15, 0.2) is 11.2 Å². The number of hydrogen-bond donors (Lipinski definition) is 0. The smallest absolute Gasteiger partial charge is 0.399 e. The van der Waals surface area contributed by atoms with Crippen LogP contribution in [0, 0.1) is 0 Å². The van der Waals surface area contributed by atoms with Gasteiger partial charge in [-0.15, -0.1) is 0 Å². The number of fused-ring (bicyclic) bond motifs is 1. The van der Waals surface area contributed by atoms with Crippen LogP contribution < -0.4 is 10.9 Å². The predicted octanol–water partition coefficient (Wildman–Crippen LogP) is 2.06. The van der Waals surface area contributed by atoms with E-state index in [0.717, 1.165) is 11.0 Å². The van der Waals surface area contributed by atoms with E-state index in [2.05, 4.69) is 0 Å². The summed E-state index contributed by atoms with van der Waals surface area (Å²) in [6.07, 6.45) is 1.57. The third-order valence-electron chi connectivity index (χ3n) is 5.48. The van der Waals surface area contributed by atoms with E-state index in [-0.39, 0.29) is 23.4 Å². The molecule has 0 unspecified atom stereocenters. The molecule has 144 valence electrons. The summed E-state index contributed by atoms with van der Waals surface area (Å²) in [5.74, 6) is -0.311. The Morgan fingerprint density at radius 2 is 1.81 bits per heavy atom. The van der Waals surface area contributed by atoms with Gasteiger partial charge < -0.3 is 18.6 Å². The monoisotopic (exact) mass is 371 g/mol. The summed E-state index contributed by atoms with van der Waals surface area (Å²) < 4.78 is 19.1. The van der Waals surface area contributed by atoms with Crippen molar-refractivity contribution in [1.29, 1.82) is 0 Å². The lowest BCUT2D eigenvalue weighted by Crippen LogP contribution is -2.41. The first-order valence-corrected chi connectivity index (χ1v) is 9.17. The van der Waals surface area contributed by atoms with E-state index in [4.69, 9.17) is 14.0 Å². The number of ketones is 1. The highest BCUT2D eigenvalue weighted by Crippen LogP contribution is 2.36. The highest BCUT2D eigenvalue weighted by atomic mass is 16.7. The highest BCUT2D eigenvalue weighted by Gasteiger charge is 2.51. The van der Waals surface area contributed by atoms with E-state index in [9.17, 15) is 9.59 Å². The second-order valence-electron chi connectivity index (χ2n) is 7.91. The van der Waals surface area contributed by atoms with Gasteiger partial charge in [0.2, 0.25) is 0 Å². The molecule has 1 aromatic heterocycles. The van der Waals surface area contributed by atoms with Gasteiger partial charge in [-0.2, -0.15) is 0 Å². The zero-order valence-corrected chi connectivity index (χ0v) is 16.8. The standard InChI is InChI=1S/C20H26BNO5/c1-7-25-12-17(23)15-11-22(6)16-10-13(8-9-14(16)18(15)24)21-26-19(2,3)20(4,5)27-21/h8-11H,7,12H2,1-6H3. The normalized spacial score (nSPS) is 18.2. The van der Waals surface area contributed by atoms with Gasteiger partial charge in [0, 0.05) is 25.2 Å². The van der Waals surface area contributed by atoms with Crippen LogP contribution in [0.1, 0.15) is 45.0 Å². The molecule has 1 aromatic carbocycles. The molecule has 0 amide bonds. The largest absolute Gasteiger partial charge is 0.494 e. The maximum atomic E-state index is 12.8. The Balaban J connectivity index is 2.01. The first-order chi connectivity index (χ1) is 12.6. The lowest BCUT2D eigenvalue weighted by Gasteiger charge is -2.32. The summed E-state index contributed by atoms with van der Waals surface area (Å²) in [5.41, 5.74) is 0.544. The summed E-state index contributed by atoms with van der Waals surface area (Å²) in [6, 6.07) is 5.44.